The van der Waals surface area contributed by atoms with Gasteiger partial charge in [0.1, 0.15) is 11.6 Å². The van der Waals surface area contributed by atoms with Crippen LogP contribution in [-0.4, -0.2) is 24.6 Å². The number of fused-ring (bicyclic) bond motifs is 1. The third kappa shape index (κ3) is 2.92. The number of nitrogens with two attached hydrogens (primary N) is 1. The molecule has 1 aromatic carbocycles. The van der Waals surface area contributed by atoms with Crippen molar-refractivity contribution in [2.24, 2.45) is 0 Å². The van der Waals surface area contributed by atoms with Gasteiger partial charge in [-0.15, -0.1) is 0 Å². The van der Waals surface area contributed by atoms with Gasteiger partial charge in [-0.1, -0.05) is 12.1 Å². The lowest BCUT2D eigenvalue weighted by atomic mass is 10.1. The summed E-state index contributed by atoms with van der Waals surface area (Å²) in [5.74, 6) is 0.599. The smallest absolute Gasteiger partial charge is 0.219 e. The molecule has 0 radical (unpaired) electrons. The lowest BCUT2D eigenvalue weighted by Crippen LogP contribution is -2.08. The second kappa shape index (κ2) is 6.40. The van der Waals surface area contributed by atoms with Gasteiger partial charge in [0.05, 0.1) is 11.9 Å². The van der Waals surface area contributed by atoms with Crippen LogP contribution in [0.5, 0.6) is 0 Å². The van der Waals surface area contributed by atoms with E-state index >= 15 is 0 Å². The molecule has 3 N–H and O–H groups in total. The van der Waals surface area contributed by atoms with Gasteiger partial charge in [0.15, 0.2) is 5.65 Å². The molecule has 0 saturated heterocycles. The van der Waals surface area contributed by atoms with Crippen molar-refractivity contribution in [3.8, 4) is 11.3 Å². The topological polar surface area (TPSA) is 94.0 Å². The maximum Gasteiger partial charge on any atom is 0.219 e. The minimum Gasteiger partial charge on any atom is -0.368 e. The Morgan fingerprint density at radius 2 is 1.92 bits per heavy atom. The predicted molar refractivity (Wildman–Crippen MR) is 96.9 cm³/mol. The van der Waals surface area contributed by atoms with Crippen LogP contribution in [0.2, 0.25) is 0 Å². The highest BCUT2D eigenvalue weighted by atomic mass is 19.1. The summed E-state index contributed by atoms with van der Waals surface area (Å²) in [6, 6.07) is 8.34. The Hall–Kier alpha value is -3.55. The highest BCUT2D eigenvalue weighted by Gasteiger charge is 2.13. The second-order valence-corrected chi connectivity index (χ2v) is 5.87. The maximum atomic E-state index is 14.2. The summed E-state index contributed by atoms with van der Waals surface area (Å²) in [6.07, 6.45) is 5.03. The molecule has 0 aliphatic heterocycles. The summed E-state index contributed by atoms with van der Waals surface area (Å²) in [5, 5.41) is 7.63. The summed E-state index contributed by atoms with van der Waals surface area (Å²) >= 11 is 0. The molecule has 0 aliphatic carbocycles. The first-order valence-corrected chi connectivity index (χ1v) is 8.02. The molecule has 7 nitrogen and oxygen atoms in total. The van der Waals surface area contributed by atoms with Crippen molar-refractivity contribution in [1.82, 2.24) is 24.6 Å². The summed E-state index contributed by atoms with van der Waals surface area (Å²) in [7, 11) is 0. The zero-order chi connectivity index (χ0) is 18.1. The molecule has 0 fully saturated rings. The predicted octanol–water partition coefficient (Wildman–Crippen LogP) is 2.83. The van der Waals surface area contributed by atoms with Crippen LogP contribution >= 0.6 is 0 Å². The fourth-order valence-electron chi connectivity index (χ4n) is 2.65. The molecule has 3 aromatic heterocycles. The second-order valence-electron chi connectivity index (χ2n) is 5.87. The Morgan fingerprint density at radius 1 is 1.15 bits per heavy atom. The number of nitrogens with one attached hydrogen (secondary N) is 1. The molecule has 130 valence electrons. The lowest BCUT2D eigenvalue weighted by molar-refractivity contribution is 0.630. The van der Waals surface area contributed by atoms with E-state index in [2.05, 4.69) is 25.4 Å². The molecule has 4 aromatic rings. The van der Waals surface area contributed by atoms with Gasteiger partial charge in [-0.25, -0.2) is 19.3 Å². The molecule has 0 bridgehead atoms. The molecule has 26 heavy (non-hydrogen) atoms. The summed E-state index contributed by atoms with van der Waals surface area (Å²) in [6.45, 7) is 2.38. The minimum atomic E-state index is -0.320. The van der Waals surface area contributed by atoms with Crippen LogP contribution in [-0.2, 0) is 6.54 Å². The van der Waals surface area contributed by atoms with Gasteiger partial charge in [0.2, 0.25) is 5.95 Å². The largest absolute Gasteiger partial charge is 0.368 e. The van der Waals surface area contributed by atoms with E-state index in [1.165, 1.54) is 6.07 Å². The van der Waals surface area contributed by atoms with Crippen LogP contribution < -0.4 is 11.1 Å². The van der Waals surface area contributed by atoms with E-state index in [4.69, 9.17) is 5.73 Å². The highest BCUT2D eigenvalue weighted by Crippen LogP contribution is 2.25. The number of aryl methyl sites for hydroxylation is 1. The fourth-order valence-corrected chi connectivity index (χ4v) is 2.65. The molecular weight excluding hydrogens is 333 g/mol. The number of nitrogen functional groups attached to an aromatic ring is 1. The Kier molecular flexibility index (Phi) is 3.92. The zero-order valence-corrected chi connectivity index (χ0v) is 14.0. The Bertz CT molecular complexity index is 1070. The van der Waals surface area contributed by atoms with Gasteiger partial charge in [-0.2, -0.15) is 9.61 Å². The molecular formula is C18H16FN7. The standard InChI is InChI=1S/C18H16FN7/c1-11-7-24-26-16(21-8-12-9-22-18(20)23-10-12)6-15(25-17(11)26)13-4-2-3-5-14(13)19/h2-7,9-10,21H,8H2,1H3,(H2,20,22,23). The Morgan fingerprint density at radius 3 is 2.69 bits per heavy atom. The Labute approximate surface area is 148 Å². The first-order chi connectivity index (χ1) is 12.6. The number of benzene rings is 1. The summed E-state index contributed by atoms with van der Waals surface area (Å²) < 4.78 is 15.9. The van der Waals surface area contributed by atoms with E-state index in [1.54, 1.807) is 47.4 Å². The number of aromatic nitrogens is 5. The molecule has 0 atom stereocenters. The van der Waals surface area contributed by atoms with Gasteiger partial charge in [-0.05, 0) is 19.1 Å². The third-order valence-electron chi connectivity index (χ3n) is 4.00. The Balaban J connectivity index is 1.75. The average Bonchev–Trinajstić information content (AvgIpc) is 3.02. The monoisotopic (exact) mass is 349 g/mol. The summed E-state index contributed by atoms with van der Waals surface area (Å²) in [4.78, 5) is 12.5. The molecule has 0 aliphatic rings. The molecule has 3 heterocycles. The number of halogens is 1. The van der Waals surface area contributed by atoms with Crippen molar-refractivity contribution >= 4 is 17.4 Å². The van der Waals surface area contributed by atoms with Crippen molar-refractivity contribution < 1.29 is 4.39 Å². The number of nitrogens with zero attached hydrogens (tertiary/aromatic N) is 5. The van der Waals surface area contributed by atoms with Crippen LogP contribution in [0.3, 0.4) is 0 Å². The highest BCUT2D eigenvalue weighted by molar-refractivity contribution is 5.68. The molecule has 0 spiro atoms. The van der Waals surface area contributed by atoms with E-state index in [-0.39, 0.29) is 11.8 Å². The summed E-state index contributed by atoms with van der Waals surface area (Å²) in [5.41, 5.74) is 8.92. The van der Waals surface area contributed by atoms with Crippen molar-refractivity contribution in [1.29, 1.82) is 0 Å². The van der Waals surface area contributed by atoms with E-state index < -0.39 is 0 Å². The first-order valence-electron chi connectivity index (χ1n) is 8.02. The quantitative estimate of drug-likeness (QED) is 0.588. The molecule has 0 amide bonds. The normalized spacial score (nSPS) is 11.0. The molecule has 8 heteroatoms. The fraction of sp³-hybridized carbons (Fsp3) is 0.111. The van der Waals surface area contributed by atoms with E-state index in [1.807, 2.05) is 6.92 Å². The lowest BCUT2D eigenvalue weighted by Gasteiger charge is -2.11. The number of rotatable bonds is 4. The third-order valence-corrected chi connectivity index (χ3v) is 4.00. The maximum absolute atomic E-state index is 14.2. The van der Waals surface area contributed by atoms with Gasteiger partial charge in [0.25, 0.3) is 0 Å². The number of hydrogen-bond donors (Lipinski definition) is 2. The van der Waals surface area contributed by atoms with Gasteiger partial charge in [0, 0.05) is 41.7 Å². The molecule has 4 rings (SSSR count). The molecule has 0 saturated carbocycles. The average molecular weight is 349 g/mol. The van der Waals surface area contributed by atoms with Crippen molar-refractivity contribution in [3.63, 3.8) is 0 Å². The SMILES string of the molecule is Cc1cnn2c(NCc3cnc(N)nc3)cc(-c3ccccc3F)nc12. The van der Waals surface area contributed by atoms with Gasteiger partial charge in [-0.3, -0.25) is 0 Å². The number of anilines is 2. The van der Waals surface area contributed by atoms with Crippen LogP contribution in [0.25, 0.3) is 16.9 Å². The van der Waals surface area contributed by atoms with E-state index in [9.17, 15) is 4.39 Å². The van der Waals surface area contributed by atoms with Crippen LogP contribution in [0.1, 0.15) is 11.1 Å². The van der Waals surface area contributed by atoms with Crippen LogP contribution in [0.15, 0.2) is 48.9 Å². The first kappa shape index (κ1) is 15.9. The van der Waals surface area contributed by atoms with Crippen LogP contribution in [0.4, 0.5) is 16.2 Å². The van der Waals surface area contributed by atoms with E-state index in [0.717, 1.165) is 11.1 Å². The zero-order valence-electron chi connectivity index (χ0n) is 14.0. The van der Waals surface area contributed by atoms with Crippen molar-refractivity contribution in [2.45, 2.75) is 13.5 Å². The van der Waals surface area contributed by atoms with Gasteiger partial charge >= 0.3 is 0 Å². The van der Waals surface area contributed by atoms with Crippen molar-refractivity contribution in [3.05, 3.63) is 65.9 Å². The van der Waals surface area contributed by atoms with Crippen LogP contribution in [0, 0.1) is 12.7 Å². The van der Waals surface area contributed by atoms with Crippen molar-refractivity contribution in [2.75, 3.05) is 11.1 Å². The number of hydrogen-bond acceptors (Lipinski definition) is 6. The minimum absolute atomic E-state index is 0.226. The van der Waals surface area contributed by atoms with E-state index in [0.29, 0.717) is 29.3 Å². The molecule has 0 unspecified atom stereocenters. The van der Waals surface area contributed by atoms with Gasteiger partial charge < -0.3 is 11.1 Å².